The number of ketones is 1. The summed E-state index contributed by atoms with van der Waals surface area (Å²) in [6.45, 7) is 1.61. The van der Waals surface area contributed by atoms with Gasteiger partial charge in [0.05, 0.1) is 0 Å². The topological polar surface area (TPSA) is 37.4 Å². The van der Waals surface area contributed by atoms with E-state index in [2.05, 4.69) is 0 Å². The molecule has 0 saturated carbocycles. The van der Waals surface area contributed by atoms with Crippen LogP contribution in [0.5, 0.6) is 0 Å². The van der Waals surface area contributed by atoms with Crippen LogP contribution in [-0.4, -0.2) is 22.2 Å². The van der Waals surface area contributed by atoms with Crippen molar-refractivity contribution in [1.29, 1.82) is 0 Å². The van der Waals surface area contributed by atoms with Gasteiger partial charge in [-0.1, -0.05) is 48.5 Å². The molecule has 0 bridgehead atoms. The average Bonchev–Trinajstić information content (AvgIpc) is 2.53. The summed E-state index contributed by atoms with van der Waals surface area (Å²) in [5.74, 6) is -0.575. The molecule has 0 fully saturated rings. The van der Waals surface area contributed by atoms with Gasteiger partial charge in [0, 0.05) is 22.9 Å². The minimum absolute atomic E-state index is 0.190. The van der Waals surface area contributed by atoms with Crippen molar-refractivity contribution in [1.82, 2.24) is 4.42 Å². The molecule has 3 nitrogen and oxygen atoms in total. The first-order valence-corrected chi connectivity index (χ1v) is 6.58. The van der Waals surface area contributed by atoms with Crippen LogP contribution >= 0.6 is 11.8 Å². The largest absolute Gasteiger partial charge is 0.292 e. The Morgan fingerprint density at radius 1 is 0.900 bits per heavy atom. The highest BCUT2D eigenvalue weighted by molar-refractivity contribution is 6.26. The lowest BCUT2D eigenvalue weighted by Gasteiger charge is -2.20. The second-order valence-electron chi connectivity index (χ2n) is 4.39. The number of carbonyl (C=O) groups is 2. The van der Waals surface area contributed by atoms with Crippen LogP contribution in [0.2, 0.25) is 0 Å². The molecule has 4 heteroatoms. The smallest absolute Gasteiger partial charge is 0.268 e. The van der Waals surface area contributed by atoms with Gasteiger partial charge in [-0.15, -0.1) is 0 Å². The van der Waals surface area contributed by atoms with Gasteiger partial charge in [0.2, 0.25) is 0 Å². The van der Waals surface area contributed by atoms with E-state index < -0.39 is 6.04 Å². The lowest BCUT2D eigenvalue weighted by atomic mass is 10.1. The zero-order valence-electron chi connectivity index (χ0n) is 11.0. The zero-order valence-corrected chi connectivity index (χ0v) is 11.7. The van der Waals surface area contributed by atoms with Crippen molar-refractivity contribution in [2.45, 2.75) is 13.0 Å². The van der Waals surface area contributed by atoms with Gasteiger partial charge in [0.1, 0.15) is 6.04 Å². The van der Waals surface area contributed by atoms with Crippen molar-refractivity contribution in [3.63, 3.8) is 0 Å². The SMILES string of the molecule is CC(C(=O)c1ccccc1)N(Cl)C(=O)c1ccccc1. The monoisotopic (exact) mass is 287 g/mol. The highest BCUT2D eigenvalue weighted by Crippen LogP contribution is 2.15. The van der Waals surface area contributed by atoms with E-state index in [0.717, 1.165) is 4.42 Å². The van der Waals surface area contributed by atoms with Crippen molar-refractivity contribution in [2.75, 3.05) is 0 Å². The maximum absolute atomic E-state index is 12.2. The van der Waals surface area contributed by atoms with Gasteiger partial charge in [-0.25, -0.2) is 4.42 Å². The Morgan fingerprint density at radius 2 is 1.35 bits per heavy atom. The van der Waals surface area contributed by atoms with Crippen LogP contribution in [0.15, 0.2) is 60.7 Å². The van der Waals surface area contributed by atoms with Crippen molar-refractivity contribution in [3.05, 3.63) is 71.8 Å². The second kappa shape index (κ2) is 6.35. The van der Waals surface area contributed by atoms with Gasteiger partial charge in [-0.2, -0.15) is 0 Å². The van der Waals surface area contributed by atoms with Crippen molar-refractivity contribution in [3.8, 4) is 0 Å². The molecule has 0 N–H and O–H groups in total. The molecule has 0 heterocycles. The molecule has 2 rings (SSSR count). The summed E-state index contributed by atoms with van der Waals surface area (Å²) in [5.41, 5.74) is 0.988. The first-order valence-electron chi connectivity index (χ1n) is 6.25. The van der Waals surface area contributed by atoms with Crippen LogP contribution < -0.4 is 0 Å². The maximum Gasteiger partial charge on any atom is 0.268 e. The van der Waals surface area contributed by atoms with E-state index in [4.69, 9.17) is 11.8 Å². The second-order valence-corrected chi connectivity index (χ2v) is 4.75. The Kier molecular flexibility index (Phi) is 4.53. The minimum atomic E-state index is -0.730. The number of Topliss-reactive ketones (excluding diaryl/α,β-unsaturated/α-hetero) is 1. The number of benzene rings is 2. The Hall–Kier alpha value is -2.13. The summed E-state index contributed by atoms with van der Waals surface area (Å²) >= 11 is 6.02. The fourth-order valence-electron chi connectivity index (χ4n) is 1.83. The van der Waals surface area contributed by atoms with Crippen LogP contribution in [0.1, 0.15) is 27.6 Å². The third-order valence-corrected chi connectivity index (χ3v) is 3.44. The van der Waals surface area contributed by atoms with E-state index in [1.807, 2.05) is 12.1 Å². The molecule has 0 aliphatic carbocycles. The van der Waals surface area contributed by atoms with Crippen molar-refractivity contribution in [2.24, 2.45) is 0 Å². The van der Waals surface area contributed by atoms with E-state index >= 15 is 0 Å². The van der Waals surface area contributed by atoms with Gasteiger partial charge >= 0.3 is 0 Å². The molecular weight excluding hydrogens is 274 g/mol. The Labute approximate surface area is 122 Å². The lowest BCUT2D eigenvalue weighted by molar-refractivity contribution is 0.0758. The van der Waals surface area contributed by atoms with Crippen LogP contribution in [0.3, 0.4) is 0 Å². The maximum atomic E-state index is 12.2. The first-order chi connectivity index (χ1) is 9.61. The highest BCUT2D eigenvalue weighted by Gasteiger charge is 2.26. The fourth-order valence-corrected chi connectivity index (χ4v) is 2.01. The number of rotatable bonds is 4. The highest BCUT2D eigenvalue weighted by atomic mass is 35.5. The standard InChI is InChI=1S/C16H14ClNO2/c1-12(15(19)13-8-4-2-5-9-13)18(17)16(20)14-10-6-3-7-11-14/h2-12H,1H3. The summed E-state index contributed by atoms with van der Waals surface area (Å²) in [6.07, 6.45) is 0. The number of nitrogens with zero attached hydrogens (tertiary/aromatic N) is 1. The third-order valence-electron chi connectivity index (χ3n) is 2.99. The molecule has 1 unspecified atom stereocenters. The van der Waals surface area contributed by atoms with Crippen LogP contribution in [-0.2, 0) is 0 Å². The fraction of sp³-hybridized carbons (Fsp3) is 0.125. The van der Waals surface area contributed by atoms with E-state index in [-0.39, 0.29) is 11.7 Å². The quantitative estimate of drug-likeness (QED) is 0.637. The predicted octanol–water partition coefficient (Wildman–Crippen LogP) is 3.55. The van der Waals surface area contributed by atoms with E-state index in [9.17, 15) is 9.59 Å². The van der Waals surface area contributed by atoms with Gasteiger partial charge in [0.15, 0.2) is 5.78 Å². The normalized spacial score (nSPS) is 11.7. The number of hydrogen-bond acceptors (Lipinski definition) is 2. The molecule has 20 heavy (non-hydrogen) atoms. The Balaban J connectivity index is 2.15. The van der Waals surface area contributed by atoms with E-state index in [1.54, 1.807) is 55.5 Å². The van der Waals surface area contributed by atoms with Gasteiger partial charge in [0.25, 0.3) is 5.91 Å². The molecule has 2 aromatic rings. The molecule has 2 aromatic carbocycles. The molecule has 0 aliphatic heterocycles. The summed E-state index contributed by atoms with van der Waals surface area (Å²) < 4.78 is 0.949. The first kappa shape index (κ1) is 14.3. The molecule has 0 spiro atoms. The molecule has 0 saturated heterocycles. The average molecular weight is 288 g/mol. The zero-order chi connectivity index (χ0) is 14.5. The summed E-state index contributed by atoms with van der Waals surface area (Å²) in [5, 5.41) is 0. The molecule has 0 aliphatic rings. The number of hydrogen-bond donors (Lipinski definition) is 0. The van der Waals surface area contributed by atoms with Crippen LogP contribution in [0.4, 0.5) is 0 Å². The number of carbonyl (C=O) groups excluding carboxylic acids is 2. The molecule has 0 radical (unpaired) electrons. The number of amides is 1. The minimum Gasteiger partial charge on any atom is -0.292 e. The van der Waals surface area contributed by atoms with E-state index in [1.165, 1.54) is 0 Å². The van der Waals surface area contributed by atoms with Crippen molar-refractivity contribution < 1.29 is 9.59 Å². The summed E-state index contributed by atoms with van der Waals surface area (Å²) in [7, 11) is 0. The lowest BCUT2D eigenvalue weighted by Crippen LogP contribution is -2.36. The molecule has 1 atom stereocenters. The summed E-state index contributed by atoms with van der Waals surface area (Å²) in [6, 6.07) is 16.7. The molecule has 0 aromatic heterocycles. The summed E-state index contributed by atoms with van der Waals surface area (Å²) in [4.78, 5) is 24.4. The van der Waals surface area contributed by atoms with Gasteiger partial charge in [-0.05, 0) is 19.1 Å². The van der Waals surface area contributed by atoms with Gasteiger partial charge < -0.3 is 0 Å². The molecule has 102 valence electrons. The van der Waals surface area contributed by atoms with Crippen molar-refractivity contribution >= 4 is 23.5 Å². The molecule has 1 amide bonds. The third kappa shape index (κ3) is 3.06. The molecular formula is C16H14ClNO2. The van der Waals surface area contributed by atoms with E-state index in [0.29, 0.717) is 11.1 Å². The van der Waals surface area contributed by atoms with Gasteiger partial charge in [-0.3, -0.25) is 9.59 Å². The Morgan fingerprint density at radius 3 is 1.85 bits per heavy atom. The number of halogens is 1. The Bertz CT molecular complexity index is 543. The van der Waals surface area contributed by atoms with Crippen LogP contribution in [0.25, 0.3) is 0 Å². The predicted molar refractivity (Wildman–Crippen MR) is 78.7 cm³/mol. The van der Waals surface area contributed by atoms with Crippen LogP contribution in [0, 0.1) is 0 Å².